The van der Waals surface area contributed by atoms with Crippen LogP contribution in [0.2, 0.25) is 0 Å². The van der Waals surface area contributed by atoms with Gasteiger partial charge in [0.2, 0.25) is 0 Å². The minimum absolute atomic E-state index is 0.0748. The van der Waals surface area contributed by atoms with Crippen molar-refractivity contribution in [2.75, 3.05) is 13.7 Å². The van der Waals surface area contributed by atoms with Crippen molar-refractivity contribution in [2.24, 2.45) is 0 Å². The van der Waals surface area contributed by atoms with E-state index < -0.39 is 30.4 Å². The number of fused-ring (bicyclic) bond motifs is 1. The molecule has 0 aliphatic carbocycles. The molecule has 28 heavy (non-hydrogen) atoms. The number of carbonyl (C=O) groups is 3. The van der Waals surface area contributed by atoms with E-state index in [9.17, 15) is 27.6 Å². The lowest BCUT2D eigenvalue weighted by Crippen LogP contribution is -2.34. The van der Waals surface area contributed by atoms with E-state index in [4.69, 9.17) is 4.74 Å². The first-order chi connectivity index (χ1) is 13.2. The van der Waals surface area contributed by atoms with Gasteiger partial charge in [0.05, 0.1) is 30.3 Å². The van der Waals surface area contributed by atoms with E-state index in [0.29, 0.717) is 5.56 Å². The van der Waals surface area contributed by atoms with Gasteiger partial charge < -0.3 is 10.1 Å². The van der Waals surface area contributed by atoms with Crippen LogP contribution in [0, 0.1) is 0 Å². The fourth-order valence-electron chi connectivity index (χ4n) is 2.87. The number of rotatable bonds is 5. The standard InChI is InChI=1S/C19H15F3N2O4/c1-28-15-7-6-11(8-14(15)16(25)23-10-19(20,21)22)9-24-17(26)12-4-2-3-5-13(12)18(24)27/h2-8H,9-10H2,1H3,(H,23,25). The van der Waals surface area contributed by atoms with Gasteiger partial charge in [0.15, 0.2) is 0 Å². The van der Waals surface area contributed by atoms with Crippen molar-refractivity contribution >= 4 is 17.7 Å². The van der Waals surface area contributed by atoms with Crippen LogP contribution in [0.3, 0.4) is 0 Å². The first-order valence-corrected chi connectivity index (χ1v) is 8.18. The number of hydrogen-bond acceptors (Lipinski definition) is 4. The maximum absolute atomic E-state index is 12.4. The molecule has 146 valence electrons. The van der Waals surface area contributed by atoms with Crippen LogP contribution in [0.4, 0.5) is 13.2 Å². The van der Waals surface area contributed by atoms with Crippen LogP contribution in [0.15, 0.2) is 42.5 Å². The van der Waals surface area contributed by atoms with E-state index in [1.807, 2.05) is 0 Å². The minimum atomic E-state index is -4.55. The summed E-state index contributed by atoms with van der Waals surface area (Å²) in [6.45, 7) is -1.62. The number of ether oxygens (including phenoxy) is 1. The summed E-state index contributed by atoms with van der Waals surface area (Å²) in [5, 5.41) is 1.77. The third-order valence-corrected chi connectivity index (χ3v) is 4.18. The first kappa shape index (κ1) is 19.4. The molecule has 0 unspecified atom stereocenters. The van der Waals surface area contributed by atoms with Crippen molar-refractivity contribution in [3.63, 3.8) is 0 Å². The molecular formula is C19H15F3N2O4. The quantitative estimate of drug-likeness (QED) is 0.794. The molecule has 0 saturated heterocycles. The molecule has 2 aromatic carbocycles. The Kier molecular flexibility index (Phi) is 5.08. The molecule has 0 saturated carbocycles. The number of amides is 3. The third kappa shape index (κ3) is 3.83. The van der Waals surface area contributed by atoms with Gasteiger partial charge in [-0.15, -0.1) is 0 Å². The van der Waals surface area contributed by atoms with Crippen LogP contribution in [0.25, 0.3) is 0 Å². The Morgan fingerprint density at radius 3 is 2.21 bits per heavy atom. The fraction of sp³-hybridized carbons (Fsp3) is 0.211. The van der Waals surface area contributed by atoms with E-state index in [1.54, 1.807) is 29.6 Å². The predicted molar refractivity (Wildman–Crippen MR) is 92.0 cm³/mol. The molecule has 6 nitrogen and oxygen atoms in total. The fourth-order valence-corrected chi connectivity index (χ4v) is 2.87. The summed E-state index contributed by atoms with van der Waals surface area (Å²) in [7, 11) is 1.28. The summed E-state index contributed by atoms with van der Waals surface area (Å²) in [6, 6.07) is 10.6. The highest BCUT2D eigenvalue weighted by Crippen LogP contribution is 2.26. The predicted octanol–water partition coefficient (Wildman–Crippen LogP) is 2.78. The van der Waals surface area contributed by atoms with E-state index in [1.165, 1.54) is 25.3 Å². The lowest BCUT2D eigenvalue weighted by molar-refractivity contribution is -0.123. The van der Waals surface area contributed by atoms with Gasteiger partial charge in [-0.05, 0) is 29.8 Å². The summed E-state index contributed by atoms with van der Waals surface area (Å²) in [6.07, 6.45) is -4.55. The molecule has 3 rings (SSSR count). The molecule has 9 heteroatoms. The van der Waals surface area contributed by atoms with Crippen LogP contribution in [0.1, 0.15) is 36.6 Å². The van der Waals surface area contributed by atoms with Gasteiger partial charge in [-0.25, -0.2) is 0 Å². The molecule has 1 heterocycles. The summed E-state index contributed by atoms with van der Waals surface area (Å²) in [5.74, 6) is -1.84. The Morgan fingerprint density at radius 1 is 1.07 bits per heavy atom. The smallest absolute Gasteiger partial charge is 0.405 e. The van der Waals surface area contributed by atoms with Crippen molar-refractivity contribution < 1.29 is 32.3 Å². The number of benzene rings is 2. The summed E-state index contributed by atoms with van der Waals surface area (Å²) in [4.78, 5) is 38.0. The molecule has 0 atom stereocenters. The van der Waals surface area contributed by atoms with Crippen molar-refractivity contribution in [1.29, 1.82) is 0 Å². The number of carbonyl (C=O) groups excluding carboxylic acids is 3. The van der Waals surface area contributed by atoms with E-state index in [0.717, 1.165) is 4.90 Å². The number of nitrogens with one attached hydrogen (secondary N) is 1. The lowest BCUT2D eigenvalue weighted by atomic mass is 10.1. The minimum Gasteiger partial charge on any atom is -0.496 e. The van der Waals surface area contributed by atoms with Crippen LogP contribution in [-0.4, -0.2) is 42.5 Å². The first-order valence-electron chi connectivity index (χ1n) is 8.18. The van der Waals surface area contributed by atoms with Crippen LogP contribution in [-0.2, 0) is 6.54 Å². The summed E-state index contributed by atoms with van der Waals surface area (Å²) >= 11 is 0. The molecule has 1 aliphatic heterocycles. The zero-order chi connectivity index (χ0) is 20.5. The van der Waals surface area contributed by atoms with Gasteiger partial charge in [-0.3, -0.25) is 19.3 Å². The molecule has 2 aromatic rings. The highest BCUT2D eigenvalue weighted by molar-refractivity contribution is 6.21. The van der Waals surface area contributed by atoms with Gasteiger partial charge >= 0.3 is 6.18 Å². The SMILES string of the molecule is COc1ccc(CN2C(=O)c3ccccc3C2=O)cc1C(=O)NCC(F)(F)F. The molecule has 0 bridgehead atoms. The Balaban J connectivity index is 1.83. The third-order valence-electron chi connectivity index (χ3n) is 4.18. The van der Waals surface area contributed by atoms with Crippen LogP contribution < -0.4 is 10.1 Å². The average molecular weight is 392 g/mol. The highest BCUT2D eigenvalue weighted by atomic mass is 19.4. The Morgan fingerprint density at radius 2 is 1.68 bits per heavy atom. The van der Waals surface area contributed by atoms with Crippen molar-refractivity contribution in [3.05, 3.63) is 64.7 Å². The van der Waals surface area contributed by atoms with Gasteiger partial charge in [0.25, 0.3) is 17.7 Å². The maximum Gasteiger partial charge on any atom is 0.405 e. The average Bonchev–Trinajstić information content (AvgIpc) is 2.90. The highest BCUT2D eigenvalue weighted by Gasteiger charge is 2.35. The van der Waals surface area contributed by atoms with E-state index >= 15 is 0 Å². The molecule has 0 radical (unpaired) electrons. The molecule has 3 amide bonds. The normalized spacial score (nSPS) is 13.5. The monoisotopic (exact) mass is 392 g/mol. The molecule has 1 N–H and O–H groups in total. The van der Waals surface area contributed by atoms with Crippen LogP contribution >= 0.6 is 0 Å². The number of hydrogen-bond donors (Lipinski definition) is 1. The zero-order valence-corrected chi connectivity index (χ0v) is 14.7. The van der Waals surface area contributed by atoms with E-state index in [-0.39, 0.29) is 29.0 Å². The Bertz CT molecular complexity index is 921. The summed E-state index contributed by atoms with van der Waals surface area (Å²) < 4.78 is 42.1. The topological polar surface area (TPSA) is 75.7 Å². The largest absolute Gasteiger partial charge is 0.496 e. The maximum atomic E-state index is 12.4. The Hall–Kier alpha value is -3.36. The summed E-state index contributed by atoms with van der Waals surface area (Å²) in [5.41, 5.74) is 0.835. The molecule has 0 spiro atoms. The van der Waals surface area contributed by atoms with Gasteiger partial charge in [-0.2, -0.15) is 13.2 Å². The molecular weight excluding hydrogens is 377 g/mol. The van der Waals surface area contributed by atoms with Crippen molar-refractivity contribution in [2.45, 2.75) is 12.7 Å². The molecule has 1 aliphatic rings. The zero-order valence-electron chi connectivity index (χ0n) is 14.7. The van der Waals surface area contributed by atoms with E-state index in [2.05, 4.69) is 0 Å². The molecule has 0 aromatic heterocycles. The number of imide groups is 1. The Labute approximate surface area is 157 Å². The van der Waals surface area contributed by atoms with Gasteiger partial charge in [0.1, 0.15) is 12.3 Å². The second kappa shape index (κ2) is 7.34. The number of nitrogens with zero attached hydrogens (tertiary/aromatic N) is 1. The van der Waals surface area contributed by atoms with Crippen LogP contribution in [0.5, 0.6) is 5.75 Å². The second-order valence-electron chi connectivity index (χ2n) is 6.07. The van der Waals surface area contributed by atoms with Gasteiger partial charge in [-0.1, -0.05) is 18.2 Å². The molecule has 0 fully saturated rings. The van der Waals surface area contributed by atoms with Crippen molar-refractivity contribution in [3.8, 4) is 5.75 Å². The van der Waals surface area contributed by atoms with Crippen molar-refractivity contribution in [1.82, 2.24) is 10.2 Å². The number of methoxy groups -OCH3 is 1. The second-order valence-corrected chi connectivity index (χ2v) is 6.07. The van der Waals surface area contributed by atoms with Gasteiger partial charge in [0, 0.05) is 0 Å². The lowest BCUT2D eigenvalue weighted by Gasteiger charge is -2.16. The number of alkyl halides is 3. The number of halogens is 3.